The maximum atomic E-state index is 13.2. The molecular formula is C23H18ClN3O4S2. The summed E-state index contributed by atoms with van der Waals surface area (Å²) in [5.74, 6) is -1.47. The highest BCUT2D eigenvalue weighted by Gasteiger charge is 2.42. The van der Waals surface area contributed by atoms with Gasteiger partial charge in [0.2, 0.25) is 0 Å². The molecule has 33 heavy (non-hydrogen) atoms. The number of carbonyl (C=O) groups is 2. The normalized spacial score (nSPS) is 13.7. The lowest BCUT2D eigenvalue weighted by Gasteiger charge is -2.19. The zero-order chi connectivity index (χ0) is 24.1. The average molecular weight is 500 g/mol. The van der Waals surface area contributed by atoms with Crippen molar-refractivity contribution >= 4 is 55.5 Å². The van der Waals surface area contributed by atoms with Gasteiger partial charge in [-0.25, -0.2) is 13.3 Å². The molecule has 4 rings (SSSR count). The van der Waals surface area contributed by atoms with Crippen LogP contribution in [-0.2, 0) is 15.4 Å². The van der Waals surface area contributed by atoms with E-state index in [1.54, 1.807) is 17.5 Å². The average Bonchev–Trinajstić information content (AvgIpc) is 3.31. The maximum absolute atomic E-state index is 13.2. The molecule has 0 aliphatic carbocycles. The molecule has 2 amide bonds. The Hall–Kier alpha value is -3.19. The van der Waals surface area contributed by atoms with Crippen LogP contribution in [0.4, 0.5) is 10.7 Å². The molecule has 0 bridgehead atoms. The Kier molecular flexibility index (Phi) is 5.56. The standard InChI is InChI=1S/C23H18ClN3O4S2/c1-23(2,3)14-4-6-15(7-5-14)33(30,31)26-17-9-8-16(24)18-19(17)21(29)27(20(18)28)22-13(12-25)10-11-32-22/h4-11,26H,1-3H3. The SMILES string of the molecule is CC(C)(C)c1ccc(S(=O)(=O)Nc2ccc(Cl)c3c2C(=O)N(c2sccc2C#N)C3=O)cc1. The highest BCUT2D eigenvalue weighted by molar-refractivity contribution is 7.92. The number of carbonyl (C=O) groups excluding carboxylic acids is 2. The van der Waals surface area contributed by atoms with Crippen LogP contribution in [0.5, 0.6) is 0 Å². The minimum absolute atomic E-state index is 0.0119. The van der Waals surface area contributed by atoms with Crippen LogP contribution < -0.4 is 9.62 Å². The second-order valence-corrected chi connectivity index (χ2v) is 11.4. The van der Waals surface area contributed by atoms with Crippen molar-refractivity contribution in [2.75, 3.05) is 9.62 Å². The topological polar surface area (TPSA) is 107 Å². The third-order valence-corrected chi connectivity index (χ3v) is 7.83. The monoisotopic (exact) mass is 499 g/mol. The fourth-order valence-corrected chi connectivity index (χ4v) is 5.65. The molecule has 0 saturated carbocycles. The minimum atomic E-state index is -4.06. The van der Waals surface area contributed by atoms with Gasteiger partial charge in [0.1, 0.15) is 11.1 Å². The molecule has 0 saturated heterocycles. The number of benzene rings is 2. The number of fused-ring (bicyclic) bond motifs is 1. The first-order chi connectivity index (χ1) is 15.5. The number of rotatable bonds is 4. The number of hydrogen-bond donors (Lipinski definition) is 1. The van der Waals surface area contributed by atoms with Crippen LogP contribution in [0.25, 0.3) is 0 Å². The second-order valence-electron chi connectivity index (χ2n) is 8.42. The van der Waals surface area contributed by atoms with Gasteiger partial charge in [-0.3, -0.25) is 14.3 Å². The van der Waals surface area contributed by atoms with Gasteiger partial charge in [-0.2, -0.15) is 5.26 Å². The number of hydrogen-bond acceptors (Lipinski definition) is 6. The Morgan fingerprint density at radius 3 is 2.24 bits per heavy atom. The molecule has 1 aliphatic heterocycles. The largest absolute Gasteiger partial charge is 0.279 e. The lowest BCUT2D eigenvalue weighted by molar-refractivity contribution is 0.0927. The third-order valence-electron chi connectivity index (χ3n) is 5.23. The molecule has 0 fully saturated rings. The van der Waals surface area contributed by atoms with Crippen LogP contribution in [0.3, 0.4) is 0 Å². The molecule has 0 spiro atoms. The molecule has 2 aromatic carbocycles. The lowest BCUT2D eigenvalue weighted by Crippen LogP contribution is -2.29. The number of imide groups is 1. The second kappa shape index (κ2) is 7.99. The van der Waals surface area contributed by atoms with E-state index in [1.807, 2.05) is 26.8 Å². The van der Waals surface area contributed by atoms with Gasteiger partial charge in [0.05, 0.1) is 32.3 Å². The third kappa shape index (κ3) is 3.91. The Bertz CT molecular complexity index is 1450. The van der Waals surface area contributed by atoms with Crippen LogP contribution in [0, 0.1) is 11.3 Å². The molecule has 3 aromatic rings. The Balaban J connectivity index is 1.75. The fourth-order valence-electron chi connectivity index (χ4n) is 3.49. The summed E-state index contributed by atoms with van der Waals surface area (Å²) in [5, 5.41) is 11.1. The van der Waals surface area contributed by atoms with Crippen LogP contribution in [0.1, 0.15) is 52.6 Å². The summed E-state index contributed by atoms with van der Waals surface area (Å²) >= 11 is 7.27. The van der Waals surface area contributed by atoms with Crippen molar-refractivity contribution in [1.82, 2.24) is 0 Å². The zero-order valence-electron chi connectivity index (χ0n) is 17.8. The first-order valence-electron chi connectivity index (χ1n) is 9.78. The number of nitrogens with zero attached hydrogens (tertiary/aromatic N) is 2. The molecule has 1 N–H and O–H groups in total. The quantitative estimate of drug-likeness (QED) is 0.498. The van der Waals surface area contributed by atoms with Crippen molar-refractivity contribution in [2.45, 2.75) is 31.1 Å². The zero-order valence-corrected chi connectivity index (χ0v) is 20.2. The van der Waals surface area contributed by atoms with E-state index >= 15 is 0 Å². The van der Waals surface area contributed by atoms with E-state index in [2.05, 4.69) is 4.72 Å². The molecule has 0 radical (unpaired) electrons. The first-order valence-corrected chi connectivity index (χ1v) is 12.5. The summed E-state index contributed by atoms with van der Waals surface area (Å²) in [4.78, 5) is 27.2. The van der Waals surface area contributed by atoms with Gasteiger partial charge in [0.15, 0.2) is 0 Å². The Morgan fingerprint density at radius 2 is 1.64 bits per heavy atom. The molecule has 168 valence electrons. The summed E-state index contributed by atoms with van der Waals surface area (Å²) in [6, 6.07) is 12.6. The number of anilines is 2. The van der Waals surface area contributed by atoms with Crippen LogP contribution in [0.15, 0.2) is 52.7 Å². The van der Waals surface area contributed by atoms with Crippen molar-refractivity contribution in [1.29, 1.82) is 5.26 Å². The van der Waals surface area contributed by atoms with Crippen molar-refractivity contribution in [3.05, 3.63) is 75.1 Å². The summed E-state index contributed by atoms with van der Waals surface area (Å²) in [6.45, 7) is 6.06. The molecular weight excluding hydrogens is 482 g/mol. The summed E-state index contributed by atoms with van der Waals surface area (Å²) in [6.07, 6.45) is 0. The summed E-state index contributed by atoms with van der Waals surface area (Å²) < 4.78 is 28.5. The van der Waals surface area contributed by atoms with Crippen molar-refractivity contribution in [2.24, 2.45) is 0 Å². The van der Waals surface area contributed by atoms with E-state index < -0.39 is 21.8 Å². The number of thiophene rings is 1. The lowest BCUT2D eigenvalue weighted by atomic mass is 9.87. The van der Waals surface area contributed by atoms with Crippen LogP contribution in [-0.4, -0.2) is 20.2 Å². The predicted molar refractivity (Wildman–Crippen MR) is 128 cm³/mol. The van der Waals surface area contributed by atoms with Gasteiger partial charge >= 0.3 is 0 Å². The predicted octanol–water partition coefficient (Wildman–Crippen LogP) is 5.17. The van der Waals surface area contributed by atoms with Gasteiger partial charge in [-0.1, -0.05) is 44.5 Å². The Labute approximate surface area is 200 Å². The maximum Gasteiger partial charge on any atom is 0.269 e. The van der Waals surface area contributed by atoms with Crippen molar-refractivity contribution in [3.8, 4) is 6.07 Å². The highest BCUT2D eigenvalue weighted by Crippen LogP contribution is 2.40. The molecule has 1 aliphatic rings. The van der Waals surface area contributed by atoms with E-state index in [9.17, 15) is 23.3 Å². The molecule has 2 heterocycles. The first kappa shape index (κ1) is 23.0. The van der Waals surface area contributed by atoms with Crippen LogP contribution >= 0.6 is 22.9 Å². The molecule has 0 atom stereocenters. The van der Waals surface area contributed by atoms with E-state index in [1.165, 1.54) is 30.3 Å². The van der Waals surface area contributed by atoms with Crippen LogP contribution in [0.2, 0.25) is 5.02 Å². The number of nitrogens with one attached hydrogen (secondary N) is 1. The fraction of sp³-hybridized carbons (Fsp3) is 0.174. The molecule has 7 nitrogen and oxygen atoms in total. The van der Waals surface area contributed by atoms with Crippen molar-refractivity contribution < 1.29 is 18.0 Å². The van der Waals surface area contributed by atoms with Gasteiger partial charge in [0.25, 0.3) is 21.8 Å². The van der Waals surface area contributed by atoms with Gasteiger partial charge in [-0.15, -0.1) is 11.3 Å². The Morgan fingerprint density at radius 1 is 1.00 bits per heavy atom. The van der Waals surface area contributed by atoms with E-state index in [-0.39, 0.29) is 42.7 Å². The summed E-state index contributed by atoms with van der Waals surface area (Å²) in [7, 11) is -4.06. The van der Waals surface area contributed by atoms with E-state index in [0.717, 1.165) is 21.8 Å². The number of nitriles is 1. The molecule has 1 aromatic heterocycles. The van der Waals surface area contributed by atoms with Gasteiger partial charge in [-0.05, 0) is 46.7 Å². The molecule has 0 unspecified atom stereocenters. The van der Waals surface area contributed by atoms with E-state index in [4.69, 9.17) is 11.6 Å². The van der Waals surface area contributed by atoms with Gasteiger partial charge in [0, 0.05) is 0 Å². The summed E-state index contributed by atoms with van der Waals surface area (Å²) in [5.41, 5.74) is 0.654. The highest BCUT2D eigenvalue weighted by atomic mass is 35.5. The smallest absolute Gasteiger partial charge is 0.269 e. The number of halogens is 1. The van der Waals surface area contributed by atoms with Gasteiger partial charge < -0.3 is 0 Å². The minimum Gasteiger partial charge on any atom is -0.279 e. The molecule has 10 heteroatoms. The van der Waals surface area contributed by atoms with E-state index in [0.29, 0.717) is 0 Å². The number of sulfonamides is 1. The number of amides is 2. The van der Waals surface area contributed by atoms with Crippen molar-refractivity contribution in [3.63, 3.8) is 0 Å².